The summed E-state index contributed by atoms with van der Waals surface area (Å²) in [5.74, 6) is -0.463. The summed E-state index contributed by atoms with van der Waals surface area (Å²) in [4.78, 5) is 38.0. The van der Waals surface area contributed by atoms with Gasteiger partial charge in [-0.2, -0.15) is 0 Å². The third-order valence-corrected chi connectivity index (χ3v) is 8.90. The van der Waals surface area contributed by atoms with Crippen LogP contribution in [0.5, 0.6) is 0 Å². The minimum absolute atomic E-state index is 0.00383. The molecule has 4 saturated heterocycles. The molecule has 4 heterocycles. The Hall–Kier alpha value is -2.73. The molecule has 1 unspecified atom stereocenters. The van der Waals surface area contributed by atoms with Crippen LogP contribution >= 0.6 is 0 Å². The topological polar surface area (TPSA) is 153 Å². The summed E-state index contributed by atoms with van der Waals surface area (Å²) >= 11 is 0. The Kier molecular flexibility index (Phi) is 11.4. The number of nitrogens with zero attached hydrogens (tertiary/aromatic N) is 1. The molecule has 3 amide bonds. The van der Waals surface area contributed by atoms with E-state index in [9.17, 15) is 19.5 Å². The number of nitrogens with one attached hydrogen (secondary N) is 1. The lowest BCUT2D eigenvalue weighted by Crippen LogP contribution is -2.50. The molecule has 4 aliphatic heterocycles. The van der Waals surface area contributed by atoms with Gasteiger partial charge < -0.3 is 40.0 Å². The molecule has 11 heteroatoms. The zero-order valence-corrected chi connectivity index (χ0v) is 25.9. The standard InChI is InChI=1S/C32H49N3O8/c1-20(9-12-27-30(38)32(19-40-32)18-24(43-27)17-28(33)36)8-11-26-21(2)16-25(23(4)42-26)34-29(37)13-10-22(3)41-31(39)35-14-6-5-7-15-35/h8-10,12-13,21-27,30,38H,5-7,11,14-19H2,1-4H3,(H2,33,36)(H,34,37)/b12-9+,13-10?,20-8+/t21-,22?,23+,24+,25+,26-,27+,30+,32+/m0/s1. The fourth-order valence-corrected chi connectivity index (χ4v) is 6.16. The van der Waals surface area contributed by atoms with Crippen molar-refractivity contribution in [2.75, 3.05) is 19.7 Å². The third kappa shape index (κ3) is 9.38. The quantitative estimate of drug-likeness (QED) is 0.196. The van der Waals surface area contributed by atoms with Gasteiger partial charge in [0.15, 0.2) is 0 Å². The molecule has 4 fully saturated rings. The second kappa shape index (κ2) is 14.8. The summed E-state index contributed by atoms with van der Waals surface area (Å²) in [6.07, 6.45) is 11.2. The van der Waals surface area contributed by atoms with Gasteiger partial charge in [0.2, 0.25) is 11.8 Å². The first kappa shape index (κ1) is 33.2. The van der Waals surface area contributed by atoms with Crippen molar-refractivity contribution in [3.63, 3.8) is 0 Å². The van der Waals surface area contributed by atoms with E-state index in [0.29, 0.717) is 19.4 Å². The van der Waals surface area contributed by atoms with E-state index in [0.717, 1.165) is 44.3 Å². The molecule has 0 saturated carbocycles. The first-order chi connectivity index (χ1) is 20.5. The van der Waals surface area contributed by atoms with E-state index in [1.165, 1.54) is 6.08 Å². The number of ether oxygens (including phenoxy) is 4. The molecule has 0 aromatic heterocycles. The highest BCUT2D eigenvalue weighted by molar-refractivity contribution is 5.87. The predicted molar refractivity (Wildman–Crippen MR) is 160 cm³/mol. The molecule has 0 bridgehead atoms. The summed E-state index contributed by atoms with van der Waals surface area (Å²) in [6, 6.07) is -0.130. The Labute approximate surface area is 254 Å². The van der Waals surface area contributed by atoms with Crippen LogP contribution in [0.2, 0.25) is 0 Å². The molecule has 1 spiro atoms. The van der Waals surface area contributed by atoms with Crippen molar-refractivity contribution in [3.8, 4) is 0 Å². The maximum Gasteiger partial charge on any atom is 0.410 e. The average molecular weight is 604 g/mol. The van der Waals surface area contributed by atoms with Crippen molar-refractivity contribution in [3.05, 3.63) is 36.0 Å². The maximum absolute atomic E-state index is 12.6. The number of allylic oxidation sites excluding steroid dienone is 2. The zero-order valence-electron chi connectivity index (χ0n) is 25.9. The highest BCUT2D eigenvalue weighted by Crippen LogP contribution is 2.43. The highest BCUT2D eigenvalue weighted by Gasteiger charge is 2.58. The summed E-state index contributed by atoms with van der Waals surface area (Å²) in [6.45, 7) is 9.70. The van der Waals surface area contributed by atoms with Crippen LogP contribution in [-0.4, -0.2) is 95.9 Å². The number of aliphatic hydroxyl groups is 1. The Bertz CT molecular complexity index is 1080. The van der Waals surface area contributed by atoms with Crippen molar-refractivity contribution < 1.29 is 38.4 Å². The van der Waals surface area contributed by atoms with Crippen LogP contribution in [0.4, 0.5) is 4.79 Å². The van der Waals surface area contributed by atoms with Crippen LogP contribution in [0.25, 0.3) is 0 Å². The van der Waals surface area contributed by atoms with Gasteiger partial charge in [-0.05, 0) is 64.9 Å². The highest BCUT2D eigenvalue weighted by atomic mass is 16.6. The first-order valence-electron chi connectivity index (χ1n) is 15.7. The molecule has 4 N–H and O–H groups in total. The van der Waals surface area contributed by atoms with Crippen LogP contribution in [0.15, 0.2) is 36.0 Å². The van der Waals surface area contributed by atoms with Gasteiger partial charge in [0.25, 0.3) is 0 Å². The molecule has 4 aliphatic rings. The first-order valence-corrected chi connectivity index (χ1v) is 15.7. The number of aliphatic hydroxyl groups excluding tert-OH is 1. The summed E-state index contributed by atoms with van der Waals surface area (Å²) in [7, 11) is 0. The largest absolute Gasteiger partial charge is 0.442 e. The smallest absolute Gasteiger partial charge is 0.410 e. The van der Waals surface area contributed by atoms with Gasteiger partial charge in [0, 0.05) is 25.6 Å². The second-order valence-corrected chi connectivity index (χ2v) is 12.6. The minimum atomic E-state index is -0.803. The van der Waals surface area contributed by atoms with E-state index < -0.39 is 29.8 Å². The summed E-state index contributed by atoms with van der Waals surface area (Å²) in [5.41, 5.74) is 5.71. The number of primary amides is 1. The number of likely N-dealkylation sites (tertiary alicyclic amines) is 1. The number of carbonyl (C=O) groups is 3. The van der Waals surface area contributed by atoms with Crippen LogP contribution in [0.3, 0.4) is 0 Å². The Balaban J connectivity index is 1.21. The predicted octanol–water partition coefficient (Wildman–Crippen LogP) is 2.91. The van der Waals surface area contributed by atoms with Crippen LogP contribution in [0.1, 0.15) is 72.6 Å². The number of piperidine rings is 1. The number of nitrogens with two attached hydrogens (primary N) is 1. The van der Waals surface area contributed by atoms with Crippen molar-refractivity contribution in [2.45, 2.75) is 121 Å². The number of epoxide rings is 1. The zero-order chi connectivity index (χ0) is 31.1. The molecule has 9 atom stereocenters. The molecule has 0 aliphatic carbocycles. The monoisotopic (exact) mass is 603 g/mol. The molecule has 0 aromatic carbocycles. The van der Waals surface area contributed by atoms with Gasteiger partial charge in [0.05, 0.1) is 37.4 Å². The van der Waals surface area contributed by atoms with Gasteiger partial charge >= 0.3 is 6.09 Å². The van der Waals surface area contributed by atoms with Crippen molar-refractivity contribution in [1.82, 2.24) is 10.2 Å². The molecular formula is C32H49N3O8. The number of rotatable bonds is 10. The Morgan fingerprint density at radius 1 is 1.16 bits per heavy atom. The van der Waals surface area contributed by atoms with E-state index in [1.54, 1.807) is 17.9 Å². The second-order valence-electron chi connectivity index (χ2n) is 12.6. The van der Waals surface area contributed by atoms with Crippen molar-refractivity contribution in [1.29, 1.82) is 0 Å². The lowest BCUT2D eigenvalue weighted by Gasteiger charge is -2.39. The molecule has 0 aromatic rings. The van der Waals surface area contributed by atoms with Gasteiger partial charge in [-0.3, -0.25) is 9.59 Å². The molecule has 4 rings (SSSR count). The van der Waals surface area contributed by atoms with E-state index in [2.05, 4.69) is 18.3 Å². The van der Waals surface area contributed by atoms with Crippen LogP contribution < -0.4 is 11.1 Å². The maximum atomic E-state index is 12.6. The molecule has 240 valence electrons. The average Bonchev–Trinajstić information content (AvgIpc) is 3.74. The van der Waals surface area contributed by atoms with E-state index in [4.69, 9.17) is 24.7 Å². The molecule has 43 heavy (non-hydrogen) atoms. The van der Waals surface area contributed by atoms with Gasteiger partial charge in [-0.15, -0.1) is 0 Å². The lowest BCUT2D eigenvalue weighted by molar-refractivity contribution is -0.143. The number of carbonyl (C=O) groups excluding carboxylic acids is 3. The van der Waals surface area contributed by atoms with Gasteiger partial charge in [-0.1, -0.05) is 30.7 Å². The summed E-state index contributed by atoms with van der Waals surface area (Å²) < 4.78 is 23.2. The fourth-order valence-electron chi connectivity index (χ4n) is 6.16. The van der Waals surface area contributed by atoms with E-state index in [1.807, 2.05) is 26.0 Å². The molecule has 0 radical (unpaired) electrons. The van der Waals surface area contributed by atoms with Crippen molar-refractivity contribution in [2.24, 2.45) is 11.7 Å². The summed E-state index contributed by atoms with van der Waals surface area (Å²) in [5, 5.41) is 13.8. The molecular weight excluding hydrogens is 554 g/mol. The normalized spacial score (nSPS) is 35.7. The fraction of sp³-hybridized carbons (Fsp3) is 0.719. The number of hydrogen-bond acceptors (Lipinski definition) is 8. The van der Waals surface area contributed by atoms with Crippen molar-refractivity contribution >= 4 is 17.9 Å². The SMILES string of the molecule is CC(/C=C/[C@H]1O[C@H](CC(N)=O)C[C@@]2(CO2)[C@@H]1O)=C\C[C@@H]1O[C@H](C)[C@H](NC(=O)C=CC(C)OC(=O)N2CCCCC2)C[C@@H]1C. The van der Waals surface area contributed by atoms with Gasteiger partial charge in [-0.25, -0.2) is 4.79 Å². The van der Waals surface area contributed by atoms with E-state index in [-0.39, 0.29) is 48.7 Å². The van der Waals surface area contributed by atoms with Crippen LogP contribution in [-0.2, 0) is 28.5 Å². The molecule has 11 nitrogen and oxygen atoms in total. The Morgan fingerprint density at radius 3 is 2.56 bits per heavy atom. The van der Waals surface area contributed by atoms with Gasteiger partial charge in [0.1, 0.15) is 23.9 Å². The third-order valence-electron chi connectivity index (χ3n) is 8.90. The minimum Gasteiger partial charge on any atom is -0.442 e. The Morgan fingerprint density at radius 2 is 1.88 bits per heavy atom. The number of hydrogen-bond donors (Lipinski definition) is 3. The lowest BCUT2D eigenvalue weighted by atomic mass is 9.87. The van der Waals surface area contributed by atoms with Crippen LogP contribution in [0, 0.1) is 5.92 Å². The number of amides is 3. The van der Waals surface area contributed by atoms with E-state index >= 15 is 0 Å².